The van der Waals surface area contributed by atoms with Crippen LogP contribution in [0, 0.1) is 6.92 Å². The number of Topliss-reactive ketones (excluding diaryl/α,β-unsaturated/α-hetero) is 1. The van der Waals surface area contributed by atoms with Gasteiger partial charge >= 0.3 is 0 Å². The van der Waals surface area contributed by atoms with E-state index < -0.39 is 0 Å². The number of likely N-dealkylation sites (N-methyl/N-ethyl adjacent to an activating group) is 1. The molecule has 174 valence electrons. The Bertz CT molecular complexity index is 1310. The Morgan fingerprint density at radius 3 is 2.79 bits per heavy atom. The first-order valence-corrected chi connectivity index (χ1v) is 11.8. The van der Waals surface area contributed by atoms with Gasteiger partial charge in [0.1, 0.15) is 0 Å². The molecule has 1 aromatic heterocycles. The Balaban J connectivity index is 1.51. The molecule has 2 aliphatic heterocycles. The number of allylic oxidation sites excluding steroid dienone is 1. The van der Waals surface area contributed by atoms with Gasteiger partial charge in [0.2, 0.25) is 18.3 Å². The van der Waals surface area contributed by atoms with Crippen molar-refractivity contribution < 1.29 is 23.8 Å². The van der Waals surface area contributed by atoms with E-state index in [1.54, 1.807) is 25.3 Å². The molecule has 2 aliphatic rings. The van der Waals surface area contributed by atoms with Crippen LogP contribution in [-0.2, 0) is 6.42 Å². The van der Waals surface area contributed by atoms with E-state index in [9.17, 15) is 9.59 Å². The molecule has 0 spiro atoms. The maximum atomic E-state index is 13.7. The van der Waals surface area contributed by atoms with Gasteiger partial charge in [-0.25, -0.2) is 0 Å². The molecule has 34 heavy (non-hydrogen) atoms. The molecule has 0 unspecified atom stereocenters. The van der Waals surface area contributed by atoms with Crippen molar-refractivity contribution >= 4 is 34.8 Å². The molecule has 3 heterocycles. The number of ether oxygens (including phenoxy) is 3. The number of nitrogens with zero attached hydrogens (tertiary/aromatic N) is 1. The molecular formula is C26H24N2O5S. The van der Waals surface area contributed by atoms with Gasteiger partial charge in [-0.2, -0.15) is 0 Å². The zero-order valence-electron chi connectivity index (χ0n) is 19.1. The van der Waals surface area contributed by atoms with E-state index in [4.69, 9.17) is 14.2 Å². The van der Waals surface area contributed by atoms with Gasteiger partial charge in [0.05, 0.1) is 17.7 Å². The lowest BCUT2D eigenvalue weighted by atomic mass is 10.00. The number of rotatable bonds is 5. The van der Waals surface area contributed by atoms with Crippen LogP contribution in [0.2, 0.25) is 0 Å². The Hall–Kier alpha value is -3.78. The lowest BCUT2D eigenvalue weighted by molar-refractivity contribution is 0.0997. The van der Waals surface area contributed by atoms with Crippen LogP contribution in [0.25, 0.3) is 6.08 Å². The highest BCUT2D eigenvalue weighted by Crippen LogP contribution is 2.46. The molecule has 7 nitrogen and oxygen atoms in total. The number of ketones is 1. The number of carbonyl (C=O) groups excluding carboxylic acids is 2. The Morgan fingerprint density at radius 1 is 1.18 bits per heavy atom. The highest BCUT2D eigenvalue weighted by molar-refractivity contribution is 7.12. The van der Waals surface area contributed by atoms with Crippen LogP contribution in [0.15, 0.2) is 47.5 Å². The van der Waals surface area contributed by atoms with Crippen LogP contribution in [0.3, 0.4) is 0 Å². The second kappa shape index (κ2) is 8.87. The highest BCUT2D eigenvalue weighted by atomic mass is 32.1. The van der Waals surface area contributed by atoms with Crippen LogP contribution in [-0.4, -0.2) is 44.1 Å². The number of hydrogen-bond acceptors (Lipinski definition) is 7. The van der Waals surface area contributed by atoms with E-state index in [1.165, 1.54) is 11.3 Å². The molecule has 2 aromatic carbocycles. The fourth-order valence-electron chi connectivity index (χ4n) is 4.18. The minimum absolute atomic E-state index is 0.137. The number of amides is 1. The van der Waals surface area contributed by atoms with Gasteiger partial charge in [0.25, 0.3) is 5.91 Å². The number of carbonyl (C=O) groups is 2. The summed E-state index contributed by atoms with van der Waals surface area (Å²) in [6, 6.07) is 10.9. The summed E-state index contributed by atoms with van der Waals surface area (Å²) in [6.45, 7) is 2.70. The molecule has 0 aliphatic carbocycles. The summed E-state index contributed by atoms with van der Waals surface area (Å²) in [5.41, 5.74) is 4.37. The first-order chi connectivity index (χ1) is 16.5. The monoisotopic (exact) mass is 476 g/mol. The molecule has 1 amide bonds. The number of fused-ring (bicyclic) bond motifs is 2. The zero-order chi connectivity index (χ0) is 23.8. The number of anilines is 1. The minimum Gasteiger partial charge on any atom is -0.492 e. The average Bonchev–Trinajstić information content (AvgIpc) is 3.51. The van der Waals surface area contributed by atoms with Crippen LogP contribution in [0.4, 0.5) is 5.69 Å². The Kier molecular flexibility index (Phi) is 5.75. The molecule has 0 bridgehead atoms. The summed E-state index contributed by atoms with van der Waals surface area (Å²) in [5, 5.41) is 4.79. The number of hydrogen-bond donors (Lipinski definition) is 1. The zero-order valence-corrected chi connectivity index (χ0v) is 20.0. The van der Waals surface area contributed by atoms with Crippen LogP contribution in [0.1, 0.15) is 36.7 Å². The Morgan fingerprint density at radius 2 is 2.03 bits per heavy atom. The van der Waals surface area contributed by atoms with E-state index in [-0.39, 0.29) is 18.5 Å². The predicted molar refractivity (Wildman–Crippen MR) is 131 cm³/mol. The number of thiophene rings is 1. The third-order valence-electron chi connectivity index (χ3n) is 6.08. The minimum atomic E-state index is -0.191. The van der Waals surface area contributed by atoms with Crippen molar-refractivity contribution in [2.45, 2.75) is 13.3 Å². The van der Waals surface area contributed by atoms with Gasteiger partial charge in [-0.3, -0.25) is 9.59 Å². The van der Waals surface area contributed by atoms with Crippen LogP contribution >= 0.6 is 11.3 Å². The lowest BCUT2D eigenvalue weighted by Gasteiger charge is -2.20. The summed E-state index contributed by atoms with van der Waals surface area (Å²) in [6.07, 6.45) is 2.58. The van der Waals surface area contributed by atoms with E-state index >= 15 is 0 Å². The topological polar surface area (TPSA) is 77.1 Å². The summed E-state index contributed by atoms with van der Waals surface area (Å²) in [7, 11) is 3.49. The normalized spacial score (nSPS) is 14.2. The summed E-state index contributed by atoms with van der Waals surface area (Å²) >= 11 is 1.37. The maximum Gasteiger partial charge on any atom is 0.265 e. The van der Waals surface area contributed by atoms with Crippen molar-refractivity contribution in [1.29, 1.82) is 0 Å². The summed E-state index contributed by atoms with van der Waals surface area (Å²) in [4.78, 5) is 28.8. The molecule has 5 rings (SSSR count). The molecule has 3 aromatic rings. The van der Waals surface area contributed by atoms with Crippen molar-refractivity contribution in [2.75, 3.05) is 32.8 Å². The number of aryl methyl sites for hydroxylation is 1. The first-order valence-electron chi connectivity index (χ1n) is 10.9. The second-order valence-corrected chi connectivity index (χ2v) is 9.16. The molecule has 0 saturated heterocycles. The average molecular weight is 477 g/mol. The van der Waals surface area contributed by atoms with Gasteiger partial charge in [0.15, 0.2) is 11.5 Å². The SMILES string of the molecule is COc1c2c(cc3c1OCO3)CCN(C)C(C(=O)c1ccc(C)c(NC(=O)c3cccs3)c1)=C2. The van der Waals surface area contributed by atoms with E-state index in [1.807, 2.05) is 48.5 Å². The van der Waals surface area contributed by atoms with Gasteiger partial charge in [-0.15, -0.1) is 11.3 Å². The number of methoxy groups -OCH3 is 1. The molecule has 0 saturated carbocycles. The van der Waals surface area contributed by atoms with Crippen LogP contribution in [0.5, 0.6) is 17.2 Å². The third kappa shape index (κ3) is 3.90. The van der Waals surface area contributed by atoms with Crippen molar-refractivity contribution in [3.8, 4) is 17.2 Å². The van der Waals surface area contributed by atoms with E-state index in [0.29, 0.717) is 45.6 Å². The second-order valence-electron chi connectivity index (χ2n) is 8.21. The molecular weight excluding hydrogens is 452 g/mol. The van der Waals surface area contributed by atoms with Crippen molar-refractivity contribution in [2.24, 2.45) is 0 Å². The molecule has 8 heteroatoms. The third-order valence-corrected chi connectivity index (χ3v) is 6.95. The van der Waals surface area contributed by atoms with Gasteiger partial charge < -0.3 is 24.4 Å². The van der Waals surface area contributed by atoms with Gasteiger partial charge in [-0.05, 0) is 54.1 Å². The highest BCUT2D eigenvalue weighted by Gasteiger charge is 2.28. The molecule has 0 radical (unpaired) electrons. The fourth-order valence-corrected chi connectivity index (χ4v) is 4.80. The predicted octanol–water partition coefficient (Wildman–Crippen LogP) is 4.76. The van der Waals surface area contributed by atoms with Gasteiger partial charge in [0, 0.05) is 30.4 Å². The quantitative estimate of drug-likeness (QED) is 0.535. The smallest absolute Gasteiger partial charge is 0.265 e. The number of benzene rings is 2. The maximum absolute atomic E-state index is 13.7. The molecule has 0 fully saturated rings. The fraction of sp³-hybridized carbons (Fsp3) is 0.231. The Labute approximate surface area is 201 Å². The summed E-state index contributed by atoms with van der Waals surface area (Å²) < 4.78 is 16.8. The lowest BCUT2D eigenvalue weighted by Crippen LogP contribution is -2.24. The van der Waals surface area contributed by atoms with Crippen molar-refractivity contribution in [3.63, 3.8) is 0 Å². The standard InChI is InChI=1S/C26H24N2O5S/c1-15-6-7-17(11-19(15)27-26(30)22-5-4-10-34-22)23(29)20-13-18-16(8-9-28(20)2)12-21-25(24(18)31-3)33-14-32-21/h4-7,10-13H,8-9,14H2,1-3H3,(H,27,30). The van der Waals surface area contributed by atoms with E-state index in [2.05, 4.69) is 5.32 Å². The summed E-state index contributed by atoms with van der Waals surface area (Å²) in [5.74, 6) is 1.46. The largest absolute Gasteiger partial charge is 0.492 e. The number of nitrogens with one attached hydrogen (secondary N) is 1. The van der Waals surface area contributed by atoms with Crippen molar-refractivity contribution in [3.05, 3.63) is 74.6 Å². The van der Waals surface area contributed by atoms with E-state index in [0.717, 1.165) is 23.1 Å². The molecule has 1 N–H and O–H groups in total. The van der Waals surface area contributed by atoms with Crippen molar-refractivity contribution in [1.82, 2.24) is 4.90 Å². The first kappa shape index (κ1) is 22.0. The molecule has 0 atom stereocenters. The van der Waals surface area contributed by atoms with Crippen LogP contribution < -0.4 is 19.5 Å². The van der Waals surface area contributed by atoms with Gasteiger partial charge in [-0.1, -0.05) is 18.2 Å².